The van der Waals surface area contributed by atoms with Crippen LogP contribution in [0.2, 0.25) is 0 Å². The Morgan fingerprint density at radius 1 is 0.927 bits per heavy atom. The molecule has 0 aliphatic carbocycles. The van der Waals surface area contributed by atoms with Crippen LogP contribution in [0, 0.1) is 6.92 Å². The summed E-state index contributed by atoms with van der Waals surface area (Å²) in [4.78, 5) is 44.4. The van der Waals surface area contributed by atoms with E-state index in [2.05, 4.69) is 0 Å². The van der Waals surface area contributed by atoms with Crippen LogP contribution in [0.25, 0.3) is 11.0 Å². The molecule has 3 aromatic carbocycles. The smallest absolute Gasteiger partial charge is 0.242 e. The first-order chi connectivity index (χ1) is 19.9. The Balaban J connectivity index is 1.63. The van der Waals surface area contributed by atoms with Gasteiger partial charge in [-0.25, -0.2) is 0 Å². The molecule has 1 unspecified atom stereocenters. The normalized spacial score (nSPS) is 11.8. The third-order valence-corrected chi connectivity index (χ3v) is 7.25. The Morgan fingerprint density at radius 2 is 1.63 bits per heavy atom. The molecule has 0 saturated carbocycles. The van der Waals surface area contributed by atoms with E-state index in [9.17, 15) is 14.4 Å². The average Bonchev–Trinajstić information content (AvgIpc) is 2.99. The highest BCUT2D eigenvalue weighted by Gasteiger charge is 2.28. The fourth-order valence-electron chi connectivity index (χ4n) is 5.02. The second kappa shape index (κ2) is 14.4. The summed E-state index contributed by atoms with van der Waals surface area (Å²) in [6, 6.07) is 24.8. The number of benzene rings is 3. The summed E-state index contributed by atoms with van der Waals surface area (Å²) in [5.41, 5.74) is 3.54. The fraction of sp³-hybridized carbons (Fsp3) is 0.324. The molecular formula is C34H38N2O5. The van der Waals surface area contributed by atoms with Crippen LogP contribution in [-0.2, 0) is 27.4 Å². The quantitative estimate of drug-likeness (QED) is 0.198. The Bertz CT molecular complexity index is 1500. The van der Waals surface area contributed by atoms with E-state index in [0.717, 1.165) is 16.7 Å². The van der Waals surface area contributed by atoms with Crippen molar-refractivity contribution in [2.24, 2.45) is 0 Å². The van der Waals surface area contributed by atoms with Crippen LogP contribution in [0.3, 0.4) is 0 Å². The van der Waals surface area contributed by atoms with E-state index in [1.54, 1.807) is 29.0 Å². The number of ether oxygens (including phenoxy) is 1. The van der Waals surface area contributed by atoms with Gasteiger partial charge >= 0.3 is 0 Å². The number of carbonyl (C=O) groups excluding carboxylic acids is 2. The monoisotopic (exact) mass is 554 g/mol. The summed E-state index contributed by atoms with van der Waals surface area (Å²) < 4.78 is 11.0. The molecule has 0 fully saturated rings. The van der Waals surface area contributed by atoms with Crippen molar-refractivity contribution in [3.05, 3.63) is 118 Å². The number of hydrogen-bond acceptors (Lipinski definition) is 5. The molecule has 1 aromatic heterocycles. The van der Waals surface area contributed by atoms with Crippen molar-refractivity contribution in [2.75, 3.05) is 26.8 Å². The van der Waals surface area contributed by atoms with Gasteiger partial charge in [0.1, 0.15) is 5.58 Å². The predicted octanol–water partition coefficient (Wildman–Crippen LogP) is 5.69. The molecule has 214 valence electrons. The van der Waals surface area contributed by atoms with E-state index in [1.165, 1.54) is 6.26 Å². The zero-order chi connectivity index (χ0) is 29.2. The standard InChI is InChI=1S/C34H38N2O5/c1-4-29(27-14-9-6-10-15-27)34(39)35(18-11-19-40-3)23-32(37)36(21-26-12-7-5-8-13-26)22-28-24-41-31-17-16-25(2)20-30(31)33(28)38/h5-10,12-17,20,24,29H,4,11,18-19,21-23H2,1-3H3. The van der Waals surface area contributed by atoms with E-state index in [0.29, 0.717) is 49.1 Å². The van der Waals surface area contributed by atoms with Crippen molar-refractivity contribution >= 4 is 22.8 Å². The zero-order valence-corrected chi connectivity index (χ0v) is 24.0. The van der Waals surface area contributed by atoms with Crippen molar-refractivity contribution < 1.29 is 18.7 Å². The Labute approximate surface area is 241 Å². The lowest BCUT2D eigenvalue weighted by atomic mass is 9.95. The largest absolute Gasteiger partial charge is 0.464 e. The molecule has 1 heterocycles. The first-order valence-electron chi connectivity index (χ1n) is 14.1. The van der Waals surface area contributed by atoms with E-state index in [4.69, 9.17) is 9.15 Å². The molecule has 0 radical (unpaired) electrons. The number of aryl methyl sites for hydroxylation is 1. The van der Waals surface area contributed by atoms with Gasteiger partial charge in [0.25, 0.3) is 0 Å². The zero-order valence-electron chi connectivity index (χ0n) is 24.0. The lowest BCUT2D eigenvalue weighted by molar-refractivity contribution is -0.142. The topological polar surface area (TPSA) is 80.1 Å². The number of hydrogen-bond donors (Lipinski definition) is 0. The molecule has 0 spiro atoms. The summed E-state index contributed by atoms with van der Waals surface area (Å²) in [5, 5.41) is 0.486. The minimum Gasteiger partial charge on any atom is -0.464 e. The van der Waals surface area contributed by atoms with E-state index in [1.807, 2.05) is 80.6 Å². The number of carbonyl (C=O) groups is 2. The van der Waals surface area contributed by atoms with Gasteiger partial charge in [0.05, 0.1) is 36.2 Å². The van der Waals surface area contributed by atoms with Gasteiger partial charge in [-0.2, -0.15) is 0 Å². The van der Waals surface area contributed by atoms with Gasteiger partial charge in [-0.1, -0.05) is 79.2 Å². The third kappa shape index (κ3) is 7.70. The lowest BCUT2D eigenvalue weighted by Crippen LogP contribution is -2.45. The van der Waals surface area contributed by atoms with Crippen LogP contribution in [-0.4, -0.2) is 48.4 Å². The van der Waals surface area contributed by atoms with Gasteiger partial charge in [-0.05, 0) is 43.0 Å². The molecule has 2 amide bonds. The van der Waals surface area contributed by atoms with Gasteiger partial charge < -0.3 is 19.0 Å². The van der Waals surface area contributed by atoms with E-state index < -0.39 is 0 Å². The fourth-order valence-corrected chi connectivity index (χ4v) is 5.02. The predicted molar refractivity (Wildman–Crippen MR) is 160 cm³/mol. The Kier molecular flexibility index (Phi) is 10.5. The highest BCUT2D eigenvalue weighted by Crippen LogP contribution is 2.23. The highest BCUT2D eigenvalue weighted by atomic mass is 16.5. The maximum Gasteiger partial charge on any atom is 0.242 e. The second-order valence-corrected chi connectivity index (χ2v) is 10.3. The number of amides is 2. The summed E-state index contributed by atoms with van der Waals surface area (Å²) in [6.45, 7) is 5.02. The Morgan fingerprint density at radius 3 is 2.32 bits per heavy atom. The first kappa shape index (κ1) is 29.7. The Hall–Kier alpha value is -4.23. The van der Waals surface area contributed by atoms with Gasteiger partial charge in [-0.15, -0.1) is 0 Å². The molecule has 4 rings (SSSR count). The lowest BCUT2D eigenvalue weighted by Gasteiger charge is -2.30. The van der Waals surface area contributed by atoms with Gasteiger partial charge in [0.15, 0.2) is 5.43 Å². The highest BCUT2D eigenvalue weighted by molar-refractivity contribution is 5.88. The van der Waals surface area contributed by atoms with Crippen LogP contribution in [0.1, 0.15) is 47.9 Å². The van der Waals surface area contributed by atoms with Crippen LogP contribution in [0.4, 0.5) is 0 Å². The van der Waals surface area contributed by atoms with Crippen LogP contribution in [0.5, 0.6) is 0 Å². The number of rotatable bonds is 13. The summed E-state index contributed by atoms with van der Waals surface area (Å²) in [5.74, 6) is -0.695. The van der Waals surface area contributed by atoms with Crippen molar-refractivity contribution in [3.8, 4) is 0 Å². The van der Waals surface area contributed by atoms with Crippen LogP contribution < -0.4 is 5.43 Å². The second-order valence-electron chi connectivity index (χ2n) is 10.3. The van der Waals surface area contributed by atoms with Gasteiger partial charge in [0.2, 0.25) is 11.8 Å². The molecule has 0 bridgehead atoms. The molecule has 7 nitrogen and oxygen atoms in total. The van der Waals surface area contributed by atoms with Crippen molar-refractivity contribution in [1.82, 2.24) is 9.80 Å². The molecule has 41 heavy (non-hydrogen) atoms. The molecule has 0 aliphatic heterocycles. The summed E-state index contributed by atoms with van der Waals surface area (Å²) >= 11 is 0. The average molecular weight is 555 g/mol. The maximum absolute atomic E-state index is 13.9. The minimum absolute atomic E-state index is 0.0654. The number of methoxy groups -OCH3 is 1. The SMILES string of the molecule is CCC(C(=O)N(CCCOC)CC(=O)N(Cc1ccccc1)Cc1coc2ccc(C)cc2c1=O)c1ccccc1. The number of nitrogens with zero attached hydrogens (tertiary/aromatic N) is 2. The van der Waals surface area contributed by atoms with Crippen LogP contribution in [0.15, 0.2) is 94.3 Å². The molecule has 0 aliphatic rings. The van der Waals surface area contributed by atoms with E-state index >= 15 is 0 Å². The van der Waals surface area contributed by atoms with Gasteiger partial charge in [0, 0.05) is 26.8 Å². The maximum atomic E-state index is 13.9. The van der Waals surface area contributed by atoms with Crippen molar-refractivity contribution in [2.45, 2.75) is 45.7 Å². The molecule has 7 heteroatoms. The van der Waals surface area contributed by atoms with Gasteiger partial charge in [-0.3, -0.25) is 14.4 Å². The molecular weight excluding hydrogens is 516 g/mol. The third-order valence-electron chi connectivity index (χ3n) is 7.25. The van der Waals surface area contributed by atoms with E-state index in [-0.39, 0.29) is 36.3 Å². The summed E-state index contributed by atoms with van der Waals surface area (Å²) in [7, 11) is 1.62. The first-order valence-corrected chi connectivity index (χ1v) is 14.1. The van der Waals surface area contributed by atoms with Crippen molar-refractivity contribution in [3.63, 3.8) is 0 Å². The summed E-state index contributed by atoms with van der Waals surface area (Å²) in [6.07, 6.45) is 2.66. The molecule has 0 N–H and O–H groups in total. The van der Waals surface area contributed by atoms with Crippen LogP contribution >= 0.6 is 0 Å². The molecule has 4 aromatic rings. The molecule has 0 saturated heterocycles. The van der Waals surface area contributed by atoms with Crippen molar-refractivity contribution in [1.29, 1.82) is 0 Å². The minimum atomic E-state index is -0.357. The number of fused-ring (bicyclic) bond motifs is 1. The molecule has 1 atom stereocenters.